The van der Waals surface area contributed by atoms with Gasteiger partial charge in [0.25, 0.3) is 0 Å². The molecule has 1 saturated heterocycles. The van der Waals surface area contributed by atoms with Gasteiger partial charge in [-0.25, -0.2) is 9.59 Å². The van der Waals surface area contributed by atoms with Crippen LogP contribution in [0, 0.1) is 0 Å². The van der Waals surface area contributed by atoms with E-state index in [-0.39, 0.29) is 36.5 Å². The molecule has 0 aromatic heterocycles. The van der Waals surface area contributed by atoms with Crippen molar-refractivity contribution in [2.24, 2.45) is 0 Å². The molecule has 0 unspecified atom stereocenters. The lowest BCUT2D eigenvalue weighted by atomic mass is 9.96. The Morgan fingerprint density at radius 3 is 2.27 bits per heavy atom. The number of carbonyl (C=O) groups is 3. The summed E-state index contributed by atoms with van der Waals surface area (Å²) < 4.78 is 4.98. The first-order chi connectivity index (χ1) is 12.6. The van der Waals surface area contributed by atoms with Crippen LogP contribution in [0.4, 0.5) is 9.59 Å². The van der Waals surface area contributed by atoms with E-state index in [9.17, 15) is 14.4 Å². The zero-order valence-corrected chi connectivity index (χ0v) is 15.7. The summed E-state index contributed by atoms with van der Waals surface area (Å²) in [5, 5.41) is 8.70. The summed E-state index contributed by atoms with van der Waals surface area (Å²) in [6.45, 7) is 3.66. The van der Waals surface area contributed by atoms with Crippen molar-refractivity contribution in [2.75, 3.05) is 26.2 Å². The van der Waals surface area contributed by atoms with Crippen molar-refractivity contribution in [3.05, 3.63) is 0 Å². The highest BCUT2D eigenvalue weighted by Gasteiger charge is 2.24. The number of carbonyl (C=O) groups excluding carboxylic acids is 3. The molecule has 0 spiro atoms. The van der Waals surface area contributed by atoms with Crippen LogP contribution in [0.5, 0.6) is 0 Å². The summed E-state index contributed by atoms with van der Waals surface area (Å²) in [4.78, 5) is 37.2. The third-order valence-corrected chi connectivity index (χ3v) is 4.96. The lowest BCUT2D eigenvalue weighted by molar-refractivity contribution is -0.121. The second-order valence-corrected chi connectivity index (χ2v) is 7.01. The Kier molecular flexibility index (Phi) is 8.50. The molecule has 148 valence electrons. The number of piperidine rings is 1. The van der Waals surface area contributed by atoms with Gasteiger partial charge in [-0.2, -0.15) is 0 Å². The van der Waals surface area contributed by atoms with Crippen molar-refractivity contribution in [1.29, 1.82) is 0 Å². The molecule has 8 heteroatoms. The lowest BCUT2D eigenvalue weighted by Crippen LogP contribution is -2.47. The van der Waals surface area contributed by atoms with Crippen molar-refractivity contribution in [2.45, 2.75) is 70.4 Å². The van der Waals surface area contributed by atoms with Crippen molar-refractivity contribution in [3.8, 4) is 0 Å². The van der Waals surface area contributed by atoms with Crippen LogP contribution in [-0.2, 0) is 9.53 Å². The summed E-state index contributed by atoms with van der Waals surface area (Å²) in [6.07, 6.45) is 7.09. The fourth-order valence-electron chi connectivity index (χ4n) is 3.49. The third-order valence-electron chi connectivity index (χ3n) is 4.96. The van der Waals surface area contributed by atoms with E-state index >= 15 is 0 Å². The third kappa shape index (κ3) is 7.09. The first-order valence-electron chi connectivity index (χ1n) is 9.84. The molecule has 26 heavy (non-hydrogen) atoms. The van der Waals surface area contributed by atoms with E-state index in [0.29, 0.717) is 26.2 Å². The van der Waals surface area contributed by atoms with Gasteiger partial charge in [0.2, 0.25) is 5.91 Å². The molecule has 0 radical (unpaired) electrons. The molecule has 0 aromatic rings. The van der Waals surface area contributed by atoms with Gasteiger partial charge in [0, 0.05) is 38.1 Å². The minimum atomic E-state index is -0.287. The standard InChI is InChI=1S/C18H32N4O4/c1-2-26-18(25)22-12-9-15(10-13-22)20-16(23)8-11-19-17(24)21-14-6-4-3-5-7-14/h14-15H,2-13H2,1H3,(H,20,23)(H2,19,21,24). The summed E-state index contributed by atoms with van der Waals surface area (Å²) in [7, 11) is 0. The SMILES string of the molecule is CCOC(=O)N1CCC(NC(=O)CCNC(=O)NC2CCCCC2)CC1. The Morgan fingerprint density at radius 1 is 0.962 bits per heavy atom. The van der Waals surface area contributed by atoms with E-state index in [2.05, 4.69) is 16.0 Å². The molecular weight excluding hydrogens is 336 g/mol. The Bertz CT molecular complexity index is 472. The zero-order valence-electron chi connectivity index (χ0n) is 15.7. The van der Waals surface area contributed by atoms with Crippen LogP contribution < -0.4 is 16.0 Å². The second kappa shape index (κ2) is 10.9. The van der Waals surface area contributed by atoms with E-state index < -0.39 is 0 Å². The number of urea groups is 1. The van der Waals surface area contributed by atoms with Gasteiger partial charge in [0.15, 0.2) is 0 Å². The van der Waals surface area contributed by atoms with Gasteiger partial charge in [-0.15, -0.1) is 0 Å². The predicted octanol–water partition coefficient (Wildman–Crippen LogP) is 1.75. The first-order valence-corrected chi connectivity index (χ1v) is 9.84. The number of ether oxygens (including phenoxy) is 1. The molecular formula is C18H32N4O4. The predicted molar refractivity (Wildman–Crippen MR) is 97.8 cm³/mol. The largest absolute Gasteiger partial charge is 0.450 e. The molecule has 1 aliphatic carbocycles. The molecule has 2 aliphatic rings. The normalized spacial score (nSPS) is 18.9. The highest BCUT2D eigenvalue weighted by molar-refractivity contribution is 5.78. The van der Waals surface area contributed by atoms with E-state index in [0.717, 1.165) is 25.7 Å². The smallest absolute Gasteiger partial charge is 0.409 e. The molecule has 0 atom stereocenters. The van der Waals surface area contributed by atoms with Crippen molar-refractivity contribution >= 4 is 18.0 Å². The molecule has 2 rings (SSSR count). The Labute approximate surface area is 155 Å². The van der Waals surface area contributed by atoms with Crippen LogP contribution in [-0.4, -0.2) is 61.3 Å². The summed E-state index contributed by atoms with van der Waals surface area (Å²) in [5.41, 5.74) is 0. The molecule has 1 saturated carbocycles. The van der Waals surface area contributed by atoms with Crippen LogP contribution in [0.25, 0.3) is 0 Å². The number of nitrogens with one attached hydrogen (secondary N) is 3. The quantitative estimate of drug-likeness (QED) is 0.665. The van der Waals surface area contributed by atoms with Gasteiger partial charge < -0.3 is 25.6 Å². The van der Waals surface area contributed by atoms with Crippen molar-refractivity contribution in [1.82, 2.24) is 20.9 Å². The number of hydrogen-bond acceptors (Lipinski definition) is 4. The van der Waals surface area contributed by atoms with Crippen LogP contribution in [0.3, 0.4) is 0 Å². The molecule has 0 aromatic carbocycles. The number of rotatable bonds is 6. The molecule has 1 heterocycles. The van der Waals surface area contributed by atoms with Gasteiger partial charge in [0.05, 0.1) is 6.61 Å². The maximum absolute atomic E-state index is 12.0. The van der Waals surface area contributed by atoms with Crippen LogP contribution in [0.15, 0.2) is 0 Å². The Morgan fingerprint density at radius 2 is 1.62 bits per heavy atom. The molecule has 2 fully saturated rings. The van der Waals surface area contributed by atoms with Crippen LogP contribution in [0.2, 0.25) is 0 Å². The average Bonchev–Trinajstić information content (AvgIpc) is 2.63. The number of amides is 4. The first kappa shape index (κ1) is 20.3. The highest BCUT2D eigenvalue weighted by Crippen LogP contribution is 2.17. The van der Waals surface area contributed by atoms with Gasteiger partial charge in [0.1, 0.15) is 0 Å². The lowest BCUT2D eigenvalue weighted by Gasteiger charge is -2.31. The van der Waals surface area contributed by atoms with Crippen LogP contribution >= 0.6 is 0 Å². The summed E-state index contributed by atoms with van der Waals surface area (Å²) in [5.74, 6) is -0.0717. The van der Waals surface area contributed by atoms with Gasteiger partial charge in [-0.05, 0) is 32.6 Å². The fraction of sp³-hybridized carbons (Fsp3) is 0.833. The Balaban J connectivity index is 1.55. The molecule has 3 N–H and O–H groups in total. The Hall–Kier alpha value is -1.99. The van der Waals surface area contributed by atoms with Crippen LogP contribution in [0.1, 0.15) is 58.3 Å². The topological polar surface area (TPSA) is 99.8 Å². The van der Waals surface area contributed by atoms with Gasteiger partial charge in [-0.1, -0.05) is 19.3 Å². The number of hydrogen-bond donors (Lipinski definition) is 3. The van der Waals surface area contributed by atoms with Gasteiger partial charge >= 0.3 is 12.1 Å². The molecule has 0 bridgehead atoms. The van der Waals surface area contributed by atoms with Crippen molar-refractivity contribution in [3.63, 3.8) is 0 Å². The van der Waals surface area contributed by atoms with Gasteiger partial charge in [-0.3, -0.25) is 4.79 Å². The number of nitrogens with zero attached hydrogens (tertiary/aromatic N) is 1. The zero-order chi connectivity index (χ0) is 18.8. The van der Waals surface area contributed by atoms with Crippen molar-refractivity contribution < 1.29 is 19.1 Å². The minimum Gasteiger partial charge on any atom is -0.450 e. The summed E-state index contributed by atoms with van der Waals surface area (Å²) in [6, 6.07) is 0.152. The summed E-state index contributed by atoms with van der Waals surface area (Å²) >= 11 is 0. The maximum atomic E-state index is 12.0. The van der Waals surface area contributed by atoms with E-state index in [1.807, 2.05) is 0 Å². The molecule has 1 aliphatic heterocycles. The fourth-order valence-corrected chi connectivity index (χ4v) is 3.49. The van der Waals surface area contributed by atoms with E-state index in [4.69, 9.17) is 4.74 Å². The molecule has 8 nitrogen and oxygen atoms in total. The molecule has 4 amide bonds. The maximum Gasteiger partial charge on any atom is 0.409 e. The van der Waals surface area contributed by atoms with E-state index in [1.54, 1.807) is 11.8 Å². The van der Waals surface area contributed by atoms with E-state index in [1.165, 1.54) is 19.3 Å². The monoisotopic (exact) mass is 368 g/mol. The average molecular weight is 368 g/mol. The second-order valence-electron chi connectivity index (χ2n) is 7.01. The number of likely N-dealkylation sites (tertiary alicyclic amines) is 1. The highest BCUT2D eigenvalue weighted by atomic mass is 16.6. The minimum absolute atomic E-state index is 0.0717.